The maximum Gasteiger partial charge on any atom is 0.326 e. The molecule has 1 aliphatic rings. The smallest absolute Gasteiger partial charge is 0.326 e. The first-order chi connectivity index (χ1) is 15.5. The number of aliphatic carboxylic acids is 1. The van der Waals surface area contributed by atoms with Crippen molar-refractivity contribution in [2.24, 2.45) is 0 Å². The highest BCUT2D eigenvalue weighted by atomic mass is 16.4. The fraction of sp³-hybridized carbons (Fsp3) is 0.174. The van der Waals surface area contributed by atoms with E-state index in [2.05, 4.69) is 20.6 Å². The lowest BCUT2D eigenvalue weighted by molar-refractivity contribution is -0.141. The Morgan fingerprint density at radius 3 is 2.12 bits per heavy atom. The lowest BCUT2D eigenvalue weighted by Gasteiger charge is -2.20. The highest BCUT2D eigenvalue weighted by Crippen LogP contribution is 2.22. The number of carbonyl (C=O) groups is 3. The predicted octanol–water partition coefficient (Wildman–Crippen LogP) is 3.48. The first kappa shape index (κ1) is 21.0. The number of amides is 3. The number of aromatic nitrogens is 2. The highest BCUT2D eigenvalue weighted by Gasteiger charge is 2.35. The van der Waals surface area contributed by atoms with Crippen molar-refractivity contribution in [3.63, 3.8) is 0 Å². The van der Waals surface area contributed by atoms with Crippen molar-refractivity contribution in [2.45, 2.75) is 18.9 Å². The molecule has 4 rings (SSSR count). The van der Waals surface area contributed by atoms with Crippen LogP contribution in [-0.4, -0.2) is 50.5 Å². The molecule has 2 aromatic carbocycles. The standard InChI is InChI=1S/C23H21N5O4/c29-21(28-12-4-7-19(28)22(30)31)20-24-13-16(14-25-20)15-8-10-18(11-9-15)27-23(32)26-17-5-2-1-3-6-17/h1-3,5-6,8-11,13-14,19H,4,7,12H2,(H,30,31)(H2,26,27,32)/t19-/m0/s1. The van der Waals surface area contributed by atoms with Crippen molar-refractivity contribution >= 4 is 29.3 Å². The fourth-order valence-corrected chi connectivity index (χ4v) is 3.54. The van der Waals surface area contributed by atoms with Gasteiger partial charge in [0.25, 0.3) is 5.91 Å². The summed E-state index contributed by atoms with van der Waals surface area (Å²) in [4.78, 5) is 45.6. The van der Waals surface area contributed by atoms with Crippen molar-refractivity contribution in [1.82, 2.24) is 14.9 Å². The zero-order valence-electron chi connectivity index (χ0n) is 17.1. The number of hydrogen-bond acceptors (Lipinski definition) is 5. The first-order valence-electron chi connectivity index (χ1n) is 10.1. The number of rotatable bonds is 5. The fourth-order valence-electron chi connectivity index (χ4n) is 3.54. The highest BCUT2D eigenvalue weighted by molar-refractivity contribution is 5.99. The average Bonchev–Trinajstić information content (AvgIpc) is 3.30. The van der Waals surface area contributed by atoms with Crippen LogP contribution in [0.5, 0.6) is 0 Å². The molecule has 0 radical (unpaired) electrons. The molecule has 0 saturated carbocycles. The summed E-state index contributed by atoms with van der Waals surface area (Å²) in [5.74, 6) is -1.53. The summed E-state index contributed by atoms with van der Waals surface area (Å²) >= 11 is 0. The van der Waals surface area contributed by atoms with Crippen LogP contribution in [0.25, 0.3) is 11.1 Å². The summed E-state index contributed by atoms with van der Waals surface area (Å²) in [6.07, 6.45) is 4.13. The van der Waals surface area contributed by atoms with Gasteiger partial charge in [0.05, 0.1) is 0 Å². The summed E-state index contributed by atoms with van der Waals surface area (Å²) in [5, 5.41) is 14.8. The van der Waals surface area contributed by atoms with Crippen molar-refractivity contribution in [3.8, 4) is 11.1 Å². The third-order valence-electron chi connectivity index (χ3n) is 5.15. The van der Waals surface area contributed by atoms with Gasteiger partial charge in [-0.25, -0.2) is 19.6 Å². The molecule has 3 amide bonds. The number of urea groups is 1. The molecule has 9 heteroatoms. The lowest BCUT2D eigenvalue weighted by atomic mass is 10.1. The van der Waals surface area contributed by atoms with Gasteiger partial charge in [0.1, 0.15) is 6.04 Å². The zero-order chi connectivity index (χ0) is 22.5. The van der Waals surface area contributed by atoms with Gasteiger partial charge in [0.2, 0.25) is 5.82 Å². The Morgan fingerprint density at radius 1 is 0.875 bits per heavy atom. The van der Waals surface area contributed by atoms with Gasteiger partial charge >= 0.3 is 12.0 Å². The minimum absolute atomic E-state index is 0.0298. The second kappa shape index (κ2) is 9.25. The topological polar surface area (TPSA) is 125 Å². The number of nitrogens with zero attached hydrogens (tertiary/aromatic N) is 3. The molecule has 9 nitrogen and oxygen atoms in total. The molecule has 0 spiro atoms. The largest absolute Gasteiger partial charge is 0.480 e. The molecule has 162 valence electrons. The summed E-state index contributed by atoms with van der Waals surface area (Å²) in [5.41, 5.74) is 2.81. The molecular formula is C23H21N5O4. The number of anilines is 2. The van der Waals surface area contributed by atoms with Gasteiger partial charge in [-0.3, -0.25) is 4.79 Å². The van der Waals surface area contributed by atoms with Gasteiger partial charge in [-0.2, -0.15) is 0 Å². The van der Waals surface area contributed by atoms with Crippen LogP contribution in [0, 0.1) is 0 Å². The molecule has 3 aromatic rings. The van der Waals surface area contributed by atoms with E-state index in [1.807, 2.05) is 18.2 Å². The average molecular weight is 431 g/mol. The van der Waals surface area contributed by atoms with Crippen LogP contribution in [-0.2, 0) is 4.79 Å². The Labute approximate surface area is 184 Å². The number of benzene rings is 2. The second-order valence-electron chi connectivity index (χ2n) is 7.31. The molecule has 1 aliphatic heterocycles. The van der Waals surface area contributed by atoms with E-state index in [4.69, 9.17) is 0 Å². The van der Waals surface area contributed by atoms with E-state index in [1.165, 1.54) is 17.3 Å². The molecule has 1 aromatic heterocycles. The Balaban J connectivity index is 1.39. The first-order valence-corrected chi connectivity index (χ1v) is 10.1. The van der Waals surface area contributed by atoms with E-state index in [-0.39, 0.29) is 11.9 Å². The molecule has 1 atom stereocenters. The van der Waals surface area contributed by atoms with Crippen molar-refractivity contribution in [2.75, 3.05) is 17.2 Å². The number of nitrogens with one attached hydrogen (secondary N) is 2. The molecule has 0 aliphatic carbocycles. The summed E-state index contributed by atoms with van der Waals surface area (Å²) in [7, 11) is 0. The Hall–Kier alpha value is -4.27. The van der Waals surface area contributed by atoms with Gasteiger partial charge in [0.15, 0.2) is 0 Å². The summed E-state index contributed by atoms with van der Waals surface area (Å²) in [6, 6.07) is 15.1. The minimum atomic E-state index is -1.02. The molecule has 0 unspecified atom stereocenters. The van der Waals surface area contributed by atoms with Crippen LogP contribution in [0.4, 0.5) is 16.2 Å². The quantitative estimate of drug-likeness (QED) is 0.568. The maximum absolute atomic E-state index is 12.6. The van der Waals surface area contributed by atoms with Crippen LogP contribution in [0.2, 0.25) is 0 Å². The van der Waals surface area contributed by atoms with E-state index in [0.29, 0.717) is 36.3 Å². The molecule has 32 heavy (non-hydrogen) atoms. The van der Waals surface area contributed by atoms with E-state index >= 15 is 0 Å². The Morgan fingerprint density at radius 2 is 1.50 bits per heavy atom. The molecular weight excluding hydrogens is 410 g/mol. The normalized spacial score (nSPS) is 15.2. The maximum atomic E-state index is 12.6. The molecule has 3 N–H and O–H groups in total. The number of likely N-dealkylation sites (tertiary alicyclic amines) is 1. The number of hydrogen-bond donors (Lipinski definition) is 3. The van der Waals surface area contributed by atoms with E-state index in [1.54, 1.807) is 36.4 Å². The van der Waals surface area contributed by atoms with Gasteiger partial charge < -0.3 is 20.6 Å². The van der Waals surface area contributed by atoms with E-state index in [9.17, 15) is 19.5 Å². The minimum Gasteiger partial charge on any atom is -0.480 e. The second-order valence-corrected chi connectivity index (χ2v) is 7.31. The van der Waals surface area contributed by atoms with Crippen molar-refractivity contribution in [3.05, 3.63) is 72.8 Å². The van der Waals surface area contributed by atoms with Gasteiger partial charge in [-0.1, -0.05) is 30.3 Å². The van der Waals surface area contributed by atoms with Gasteiger partial charge in [-0.15, -0.1) is 0 Å². The van der Waals surface area contributed by atoms with Crippen molar-refractivity contribution in [1.29, 1.82) is 0 Å². The summed E-state index contributed by atoms with van der Waals surface area (Å²) < 4.78 is 0. The predicted molar refractivity (Wildman–Crippen MR) is 118 cm³/mol. The van der Waals surface area contributed by atoms with E-state index in [0.717, 1.165) is 5.56 Å². The third kappa shape index (κ3) is 4.72. The number of carboxylic acids is 1. The number of para-hydroxylation sites is 1. The molecule has 0 bridgehead atoms. The van der Waals surface area contributed by atoms with Crippen LogP contribution >= 0.6 is 0 Å². The van der Waals surface area contributed by atoms with Gasteiger partial charge in [0, 0.05) is 35.9 Å². The number of carbonyl (C=O) groups excluding carboxylic acids is 2. The number of carboxylic acid groups (broad SMARTS) is 1. The Kier molecular flexibility index (Phi) is 6.07. The van der Waals surface area contributed by atoms with Crippen LogP contribution in [0.3, 0.4) is 0 Å². The van der Waals surface area contributed by atoms with Gasteiger partial charge in [-0.05, 0) is 42.7 Å². The Bertz CT molecular complexity index is 1120. The van der Waals surface area contributed by atoms with Crippen molar-refractivity contribution < 1.29 is 19.5 Å². The third-order valence-corrected chi connectivity index (χ3v) is 5.15. The molecule has 1 saturated heterocycles. The monoisotopic (exact) mass is 431 g/mol. The summed E-state index contributed by atoms with van der Waals surface area (Å²) in [6.45, 7) is 0.382. The zero-order valence-corrected chi connectivity index (χ0v) is 17.1. The SMILES string of the molecule is O=C(Nc1ccccc1)Nc1ccc(-c2cnc(C(=O)N3CCC[C@H]3C(=O)O)nc2)cc1. The molecule has 1 fully saturated rings. The van der Waals surface area contributed by atoms with Crippen LogP contribution in [0.15, 0.2) is 67.0 Å². The lowest BCUT2D eigenvalue weighted by Crippen LogP contribution is -2.41. The van der Waals surface area contributed by atoms with Crippen LogP contribution in [0.1, 0.15) is 23.5 Å². The van der Waals surface area contributed by atoms with Crippen LogP contribution < -0.4 is 10.6 Å². The molecule has 2 heterocycles. The van der Waals surface area contributed by atoms with E-state index < -0.39 is 17.9 Å².